The molecule has 0 amide bonds. The summed E-state index contributed by atoms with van der Waals surface area (Å²) < 4.78 is 2.44. The maximum absolute atomic E-state index is 2.44. The zero-order chi connectivity index (χ0) is 50.5. The highest BCUT2D eigenvalue weighted by Gasteiger charge is 2.21. The van der Waals surface area contributed by atoms with Gasteiger partial charge in [-0.1, -0.05) is 200 Å². The number of anilines is 6. The molecule has 1 heterocycles. The quantitative estimate of drug-likeness (QED) is 0.0999. The summed E-state index contributed by atoms with van der Waals surface area (Å²) in [5.41, 5.74) is 17.3. The predicted octanol–water partition coefficient (Wildman–Crippen LogP) is 20.6. The van der Waals surface area contributed by atoms with Gasteiger partial charge in [-0.25, -0.2) is 0 Å². The van der Waals surface area contributed by atoms with Crippen LogP contribution in [-0.2, 0) is 0 Å². The van der Waals surface area contributed by atoms with Crippen molar-refractivity contribution in [3.05, 3.63) is 297 Å². The molecule has 0 spiro atoms. The van der Waals surface area contributed by atoms with Gasteiger partial charge in [0.25, 0.3) is 0 Å². The Bertz CT molecular complexity index is 3810. The maximum Gasteiger partial charge on any atom is 0.0542 e. The first kappa shape index (κ1) is 46.4. The molecule has 3 heteroatoms. The highest BCUT2D eigenvalue weighted by Crippen LogP contribution is 2.46. The second kappa shape index (κ2) is 20.8. The summed E-state index contributed by atoms with van der Waals surface area (Å²) >= 11 is 0. The number of nitrogens with zero attached hydrogens (tertiary/aromatic N) is 3. The Balaban J connectivity index is 0.00000138. The van der Waals surface area contributed by atoms with Crippen LogP contribution in [0.2, 0.25) is 0 Å². The van der Waals surface area contributed by atoms with E-state index in [0.717, 1.165) is 50.8 Å². The van der Waals surface area contributed by atoms with Crippen LogP contribution in [0.25, 0.3) is 82.4 Å². The molecule has 0 bridgehead atoms. The van der Waals surface area contributed by atoms with E-state index >= 15 is 0 Å². The number of aromatic nitrogens is 1. The molecule has 0 N–H and O–H groups in total. The van der Waals surface area contributed by atoms with Crippen LogP contribution in [0, 0.1) is 0 Å². The van der Waals surface area contributed by atoms with Crippen LogP contribution in [0.3, 0.4) is 0 Å². The molecule has 3 nitrogen and oxygen atoms in total. The van der Waals surface area contributed by atoms with E-state index in [4.69, 9.17) is 0 Å². The SMILES string of the molecule is C/C=C\C.c1ccc(-c2ccc(-c3c4ccccc4c(-c4ccc(-n5c6ccc(N(c7ccccc7)c7ccccc7)cc6c6cc(N(c7ccccc7)c7ccccc7)ccc65)cc4)c4ccccc34)cc2)cc1. The van der Waals surface area contributed by atoms with Gasteiger partial charge in [0.15, 0.2) is 0 Å². The Morgan fingerprint density at radius 1 is 0.253 bits per heavy atom. The third-order valence-corrected chi connectivity index (χ3v) is 14.3. The number of para-hydroxylation sites is 4. The van der Waals surface area contributed by atoms with E-state index in [1.54, 1.807) is 0 Å². The summed E-state index contributed by atoms with van der Waals surface area (Å²) in [5, 5.41) is 7.30. The number of hydrogen-bond donors (Lipinski definition) is 0. The molecule has 13 aromatic rings. The zero-order valence-corrected chi connectivity index (χ0v) is 42.1. The minimum Gasteiger partial charge on any atom is -0.310 e. The molecule has 12 aromatic carbocycles. The Labute approximate surface area is 439 Å². The zero-order valence-electron chi connectivity index (χ0n) is 42.1. The highest BCUT2D eigenvalue weighted by molar-refractivity contribution is 6.21. The molecule has 0 aliphatic rings. The van der Waals surface area contributed by atoms with Crippen LogP contribution in [-0.4, -0.2) is 4.57 Å². The second-order valence-corrected chi connectivity index (χ2v) is 18.7. The Morgan fingerprint density at radius 3 is 0.893 bits per heavy atom. The second-order valence-electron chi connectivity index (χ2n) is 18.7. The van der Waals surface area contributed by atoms with Crippen molar-refractivity contribution in [3.63, 3.8) is 0 Å². The van der Waals surface area contributed by atoms with Gasteiger partial charge in [0.05, 0.1) is 11.0 Å². The van der Waals surface area contributed by atoms with Crippen molar-refractivity contribution in [2.75, 3.05) is 9.80 Å². The maximum atomic E-state index is 2.44. The van der Waals surface area contributed by atoms with Crippen LogP contribution in [0.15, 0.2) is 297 Å². The van der Waals surface area contributed by atoms with E-state index in [-0.39, 0.29) is 0 Å². The van der Waals surface area contributed by atoms with Crippen molar-refractivity contribution in [2.24, 2.45) is 0 Å². The molecule has 13 rings (SSSR count). The minimum absolute atomic E-state index is 1.09. The number of hydrogen-bond acceptors (Lipinski definition) is 2. The lowest BCUT2D eigenvalue weighted by molar-refractivity contribution is 1.18. The van der Waals surface area contributed by atoms with Crippen LogP contribution in [0.4, 0.5) is 34.1 Å². The molecule has 0 fully saturated rings. The van der Waals surface area contributed by atoms with E-state index in [9.17, 15) is 0 Å². The minimum atomic E-state index is 1.09. The Morgan fingerprint density at radius 2 is 0.547 bits per heavy atom. The first-order valence-corrected chi connectivity index (χ1v) is 25.8. The van der Waals surface area contributed by atoms with Gasteiger partial charge in [-0.2, -0.15) is 0 Å². The van der Waals surface area contributed by atoms with E-state index in [1.807, 2.05) is 26.0 Å². The first-order valence-electron chi connectivity index (χ1n) is 25.8. The van der Waals surface area contributed by atoms with E-state index in [0.29, 0.717) is 0 Å². The summed E-state index contributed by atoms with van der Waals surface area (Å²) in [6, 6.07) is 103. The van der Waals surface area contributed by atoms with E-state index in [1.165, 1.54) is 65.7 Å². The largest absolute Gasteiger partial charge is 0.310 e. The van der Waals surface area contributed by atoms with Crippen molar-refractivity contribution in [2.45, 2.75) is 13.8 Å². The predicted molar refractivity (Wildman–Crippen MR) is 322 cm³/mol. The lowest BCUT2D eigenvalue weighted by Gasteiger charge is -2.26. The average Bonchev–Trinajstić information content (AvgIpc) is 3.82. The van der Waals surface area contributed by atoms with Gasteiger partial charge in [0.2, 0.25) is 0 Å². The molecule has 358 valence electrons. The first-order chi connectivity index (χ1) is 37.2. The molecule has 0 radical (unpaired) electrons. The van der Waals surface area contributed by atoms with Crippen molar-refractivity contribution in [3.8, 4) is 39.1 Å². The van der Waals surface area contributed by atoms with Gasteiger partial charge in [-0.05, 0) is 166 Å². The molecular weight excluding hydrogens is 907 g/mol. The summed E-state index contributed by atoms with van der Waals surface area (Å²) in [6.07, 6.45) is 4.00. The summed E-state index contributed by atoms with van der Waals surface area (Å²) in [4.78, 5) is 4.70. The third-order valence-electron chi connectivity index (χ3n) is 14.3. The fraction of sp³-hybridized carbons (Fsp3) is 0.0278. The van der Waals surface area contributed by atoms with Gasteiger partial charge < -0.3 is 14.4 Å². The molecule has 0 atom stereocenters. The monoisotopic (exact) mass is 961 g/mol. The summed E-state index contributed by atoms with van der Waals surface area (Å²) in [6.45, 7) is 4.00. The molecule has 0 saturated heterocycles. The summed E-state index contributed by atoms with van der Waals surface area (Å²) in [7, 11) is 0. The van der Waals surface area contributed by atoms with Crippen molar-refractivity contribution < 1.29 is 0 Å². The summed E-state index contributed by atoms with van der Waals surface area (Å²) in [5.74, 6) is 0. The number of benzene rings is 12. The third kappa shape index (κ3) is 8.92. The topological polar surface area (TPSA) is 11.4 Å². The normalized spacial score (nSPS) is 11.3. The lowest BCUT2D eigenvalue weighted by Crippen LogP contribution is -2.09. The molecule has 0 unspecified atom stereocenters. The van der Waals surface area contributed by atoms with Gasteiger partial charge in [-0.3, -0.25) is 0 Å². The van der Waals surface area contributed by atoms with Gasteiger partial charge in [-0.15, -0.1) is 0 Å². The van der Waals surface area contributed by atoms with Crippen molar-refractivity contribution >= 4 is 77.5 Å². The van der Waals surface area contributed by atoms with Crippen molar-refractivity contribution in [1.29, 1.82) is 0 Å². The molecule has 0 saturated carbocycles. The number of allylic oxidation sites excluding steroid dienone is 2. The molecular formula is C72H55N3. The fourth-order valence-electron chi connectivity index (χ4n) is 10.7. The number of fused-ring (bicyclic) bond motifs is 5. The van der Waals surface area contributed by atoms with Crippen LogP contribution >= 0.6 is 0 Å². The van der Waals surface area contributed by atoms with Crippen molar-refractivity contribution in [1.82, 2.24) is 4.57 Å². The van der Waals surface area contributed by atoms with Crippen LogP contribution in [0.1, 0.15) is 13.8 Å². The standard InChI is InChI=1S/C68H47N3.C4H8/c1-6-20-48(21-7-1)49-34-36-50(37-35-49)67-59-30-16-18-32-61(59)68(62-33-19-17-31-60(62)67)51-38-40-56(41-39-51)71-65-44-42-57(69(52-22-8-2-9-23-52)53-24-10-3-11-25-53)46-63(65)64-47-58(43-45-66(64)71)70(54-26-12-4-13-27-54)55-28-14-5-15-29-55;1-3-4-2/h1-47H;3-4H,1-2H3/b;4-3-. The van der Waals surface area contributed by atoms with Crippen LogP contribution < -0.4 is 9.80 Å². The van der Waals surface area contributed by atoms with E-state index < -0.39 is 0 Å². The van der Waals surface area contributed by atoms with Crippen LogP contribution in [0.5, 0.6) is 0 Å². The highest BCUT2D eigenvalue weighted by atomic mass is 15.1. The van der Waals surface area contributed by atoms with Gasteiger partial charge in [0, 0.05) is 50.6 Å². The Kier molecular flexibility index (Phi) is 12.9. The Hall–Kier alpha value is -9.70. The lowest BCUT2D eigenvalue weighted by atomic mass is 9.85. The molecule has 0 aliphatic carbocycles. The van der Waals surface area contributed by atoms with Gasteiger partial charge in [0.1, 0.15) is 0 Å². The van der Waals surface area contributed by atoms with E-state index in [2.05, 4.69) is 299 Å². The van der Waals surface area contributed by atoms with Gasteiger partial charge >= 0.3 is 0 Å². The molecule has 1 aromatic heterocycles. The molecule has 75 heavy (non-hydrogen) atoms. The number of rotatable bonds is 10. The average molecular weight is 962 g/mol. The fourth-order valence-corrected chi connectivity index (χ4v) is 10.7. The molecule has 0 aliphatic heterocycles. The smallest absolute Gasteiger partial charge is 0.0542 e.